The van der Waals surface area contributed by atoms with Crippen LogP contribution in [0.4, 0.5) is 5.69 Å². The molecule has 1 amide bonds. The number of hydrogen-bond donors (Lipinski definition) is 3. The van der Waals surface area contributed by atoms with Gasteiger partial charge < -0.3 is 20.0 Å². The van der Waals surface area contributed by atoms with Crippen molar-refractivity contribution in [2.75, 3.05) is 5.32 Å². The van der Waals surface area contributed by atoms with E-state index in [2.05, 4.69) is 15.3 Å². The van der Waals surface area contributed by atoms with Gasteiger partial charge in [-0.3, -0.25) is 9.59 Å². The van der Waals surface area contributed by atoms with Crippen molar-refractivity contribution in [3.63, 3.8) is 0 Å². The van der Waals surface area contributed by atoms with Crippen LogP contribution in [0.1, 0.15) is 13.8 Å². The molecular weight excluding hydrogens is 250 g/mol. The van der Waals surface area contributed by atoms with Crippen molar-refractivity contribution in [3.8, 4) is 0 Å². The monoisotopic (exact) mass is 263 g/mol. The maximum Gasteiger partial charge on any atom is 0.323 e. The van der Waals surface area contributed by atoms with Gasteiger partial charge in [0.05, 0.1) is 11.0 Å². The number of carbonyl (C=O) groups excluding carboxylic acids is 2. The molecule has 0 aliphatic heterocycles. The van der Waals surface area contributed by atoms with Crippen LogP contribution >= 0.6 is 0 Å². The van der Waals surface area contributed by atoms with Crippen LogP contribution in [0.25, 0.3) is 11.0 Å². The van der Waals surface area contributed by atoms with E-state index in [4.69, 9.17) is 4.74 Å². The van der Waals surface area contributed by atoms with Crippen molar-refractivity contribution in [2.24, 2.45) is 0 Å². The van der Waals surface area contributed by atoms with Gasteiger partial charge in [0.1, 0.15) is 0 Å². The van der Waals surface area contributed by atoms with E-state index in [-0.39, 0.29) is 5.69 Å². The van der Waals surface area contributed by atoms with Gasteiger partial charge in [-0.25, -0.2) is 4.79 Å². The van der Waals surface area contributed by atoms with Gasteiger partial charge in [-0.2, -0.15) is 0 Å². The Morgan fingerprint density at radius 3 is 2.63 bits per heavy atom. The van der Waals surface area contributed by atoms with E-state index in [1.165, 1.54) is 13.8 Å². The second-order valence-corrected chi connectivity index (χ2v) is 4.08. The van der Waals surface area contributed by atoms with Gasteiger partial charge in [-0.1, -0.05) is 0 Å². The number of ether oxygens (including phenoxy) is 1. The Kier molecular flexibility index (Phi) is 3.37. The lowest BCUT2D eigenvalue weighted by atomic mass is 10.2. The largest absolute Gasteiger partial charge is 0.453 e. The summed E-state index contributed by atoms with van der Waals surface area (Å²) in [6.07, 6.45) is -0.876. The second kappa shape index (κ2) is 4.97. The van der Waals surface area contributed by atoms with Gasteiger partial charge in [0.2, 0.25) is 0 Å². The standard InChI is InChI=1S/C12H13N3O4/c1-6(19-7(2)16)11(17)13-8-3-4-9-10(5-8)15-12(18)14-9/h3-6H,1-2H3,(H,13,17)(H2,14,15,18)/t6-/m0/s1. The Hall–Kier alpha value is -2.57. The minimum atomic E-state index is -0.876. The molecule has 0 saturated heterocycles. The van der Waals surface area contributed by atoms with Gasteiger partial charge in [0.15, 0.2) is 6.10 Å². The summed E-state index contributed by atoms with van der Waals surface area (Å²) in [6.45, 7) is 2.72. The summed E-state index contributed by atoms with van der Waals surface area (Å²) in [6, 6.07) is 4.93. The Morgan fingerprint density at radius 1 is 1.26 bits per heavy atom. The molecule has 0 unspecified atom stereocenters. The minimum absolute atomic E-state index is 0.313. The number of imidazole rings is 1. The predicted octanol–water partition coefficient (Wildman–Crippen LogP) is 0.746. The first kappa shape index (κ1) is 12.9. The van der Waals surface area contributed by atoms with Crippen LogP contribution in [-0.2, 0) is 14.3 Å². The zero-order chi connectivity index (χ0) is 14.0. The van der Waals surface area contributed by atoms with E-state index in [0.29, 0.717) is 16.7 Å². The molecule has 7 nitrogen and oxygen atoms in total. The van der Waals surface area contributed by atoms with E-state index >= 15 is 0 Å². The van der Waals surface area contributed by atoms with Crippen LogP contribution in [0.15, 0.2) is 23.0 Å². The highest BCUT2D eigenvalue weighted by atomic mass is 16.5. The summed E-state index contributed by atoms with van der Waals surface area (Å²) >= 11 is 0. The van der Waals surface area contributed by atoms with E-state index in [1.54, 1.807) is 18.2 Å². The molecule has 0 bridgehead atoms. The van der Waals surface area contributed by atoms with Crippen molar-refractivity contribution < 1.29 is 14.3 Å². The lowest BCUT2D eigenvalue weighted by molar-refractivity contribution is -0.150. The molecule has 0 fully saturated rings. The SMILES string of the molecule is CC(=O)O[C@@H](C)C(=O)Nc1ccc2[nH]c(=O)[nH]c2c1. The van der Waals surface area contributed by atoms with E-state index in [1.807, 2.05) is 0 Å². The fourth-order valence-corrected chi connectivity index (χ4v) is 1.66. The first-order valence-corrected chi connectivity index (χ1v) is 5.66. The number of H-pyrrole nitrogens is 2. The molecule has 1 heterocycles. The topological polar surface area (TPSA) is 104 Å². The lowest BCUT2D eigenvalue weighted by Crippen LogP contribution is -2.29. The number of fused-ring (bicyclic) bond motifs is 1. The number of hydrogen-bond acceptors (Lipinski definition) is 4. The minimum Gasteiger partial charge on any atom is -0.453 e. The van der Waals surface area contributed by atoms with Gasteiger partial charge in [-0.15, -0.1) is 0 Å². The fraction of sp³-hybridized carbons (Fsp3) is 0.250. The Balaban J connectivity index is 2.14. The number of esters is 1. The number of nitrogens with one attached hydrogen (secondary N) is 3. The molecule has 3 N–H and O–H groups in total. The molecule has 1 atom stereocenters. The zero-order valence-electron chi connectivity index (χ0n) is 10.4. The Bertz CT molecular complexity index is 686. The molecule has 100 valence electrons. The molecule has 1 aromatic carbocycles. The van der Waals surface area contributed by atoms with Crippen molar-refractivity contribution in [1.29, 1.82) is 0 Å². The van der Waals surface area contributed by atoms with Gasteiger partial charge in [-0.05, 0) is 25.1 Å². The van der Waals surface area contributed by atoms with Crippen LogP contribution in [-0.4, -0.2) is 27.9 Å². The highest BCUT2D eigenvalue weighted by Crippen LogP contribution is 2.14. The zero-order valence-corrected chi connectivity index (χ0v) is 10.4. The Labute approximate surface area is 108 Å². The number of benzene rings is 1. The number of carbonyl (C=O) groups is 2. The van der Waals surface area contributed by atoms with E-state index in [0.717, 1.165) is 0 Å². The molecule has 0 radical (unpaired) electrons. The van der Waals surface area contributed by atoms with Crippen LogP contribution in [0, 0.1) is 0 Å². The molecule has 0 saturated carbocycles. The molecule has 0 aliphatic rings. The van der Waals surface area contributed by atoms with E-state index < -0.39 is 18.0 Å². The number of rotatable bonds is 3. The van der Waals surface area contributed by atoms with Crippen molar-refractivity contribution in [3.05, 3.63) is 28.7 Å². The predicted molar refractivity (Wildman–Crippen MR) is 68.8 cm³/mol. The molecule has 0 aliphatic carbocycles. The highest BCUT2D eigenvalue weighted by molar-refractivity contribution is 5.96. The Morgan fingerprint density at radius 2 is 1.95 bits per heavy atom. The maximum atomic E-state index is 11.7. The first-order valence-electron chi connectivity index (χ1n) is 5.66. The molecular formula is C12H13N3O4. The van der Waals surface area contributed by atoms with Crippen LogP contribution in [0.3, 0.4) is 0 Å². The summed E-state index contributed by atoms with van der Waals surface area (Å²) in [5.74, 6) is -0.958. The third-order valence-corrected chi connectivity index (χ3v) is 2.50. The molecule has 2 aromatic rings. The normalized spacial score (nSPS) is 12.1. The number of aromatic amines is 2. The maximum absolute atomic E-state index is 11.7. The summed E-state index contributed by atoms with van der Waals surface area (Å²) < 4.78 is 4.76. The van der Waals surface area contributed by atoms with Crippen LogP contribution in [0.5, 0.6) is 0 Å². The summed E-state index contributed by atoms with van der Waals surface area (Å²) in [5, 5.41) is 2.60. The molecule has 7 heteroatoms. The first-order chi connectivity index (χ1) is 8.95. The summed E-state index contributed by atoms with van der Waals surface area (Å²) in [7, 11) is 0. The highest BCUT2D eigenvalue weighted by Gasteiger charge is 2.15. The molecule has 19 heavy (non-hydrogen) atoms. The van der Waals surface area contributed by atoms with Crippen molar-refractivity contribution in [1.82, 2.24) is 9.97 Å². The quantitative estimate of drug-likeness (QED) is 0.710. The number of aromatic nitrogens is 2. The van der Waals surface area contributed by atoms with Crippen molar-refractivity contribution in [2.45, 2.75) is 20.0 Å². The number of anilines is 1. The van der Waals surface area contributed by atoms with Crippen LogP contribution < -0.4 is 11.0 Å². The fourth-order valence-electron chi connectivity index (χ4n) is 1.66. The van der Waals surface area contributed by atoms with Gasteiger partial charge in [0, 0.05) is 12.6 Å². The summed E-state index contributed by atoms with van der Waals surface area (Å²) in [4.78, 5) is 38.7. The van der Waals surface area contributed by atoms with E-state index in [9.17, 15) is 14.4 Å². The number of amides is 1. The third kappa shape index (κ3) is 3.01. The second-order valence-electron chi connectivity index (χ2n) is 4.08. The van der Waals surface area contributed by atoms with Crippen LogP contribution in [0.2, 0.25) is 0 Å². The smallest absolute Gasteiger partial charge is 0.323 e. The average molecular weight is 263 g/mol. The lowest BCUT2D eigenvalue weighted by Gasteiger charge is -2.12. The average Bonchev–Trinajstić information content (AvgIpc) is 2.67. The van der Waals surface area contributed by atoms with Gasteiger partial charge >= 0.3 is 11.7 Å². The summed E-state index contributed by atoms with van der Waals surface area (Å²) in [5.41, 5.74) is 1.43. The van der Waals surface area contributed by atoms with Gasteiger partial charge in [0.25, 0.3) is 5.91 Å². The molecule has 2 rings (SSSR count). The third-order valence-electron chi connectivity index (χ3n) is 2.50. The van der Waals surface area contributed by atoms with Crippen molar-refractivity contribution >= 4 is 28.6 Å². The molecule has 1 aromatic heterocycles. The molecule has 0 spiro atoms.